The minimum absolute atomic E-state index is 0.0442. The lowest BCUT2D eigenvalue weighted by Gasteiger charge is -2.35. The molecule has 0 atom stereocenters. The molecule has 0 unspecified atom stereocenters. The first-order valence-electron chi connectivity index (χ1n) is 10.8. The second kappa shape index (κ2) is 9.96. The van der Waals surface area contributed by atoms with Crippen molar-refractivity contribution in [3.8, 4) is 0 Å². The highest BCUT2D eigenvalue weighted by Gasteiger charge is 2.20. The lowest BCUT2D eigenvalue weighted by Crippen LogP contribution is -2.48. The van der Waals surface area contributed by atoms with Crippen LogP contribution in [0.5, 0.6) is 0 Å². The SMILES string of the molecule is Cc1cccc(C(=O)Nc2ccc(N3CCN(C(=O)/C=C\c4ccccc4)CC3)cc2)c1. The van der Waals surface area contributed by atoms with Gasteiger partial charge in [-0.15, -0.1) is 0 Å². The van der Waals surface area contributed by atoms with Crippen molar-refractivity contribution in [2.45, 2.75) is 6.92 Å². The molecule has 0 aliphatic carbocycles. The fourth-order valence-electron chi connectivity index (χ4n) is 3.77. The second-order valence-corrected chi connectivity index (χ2v) is 7.93. The van der Waals surface area contributed by atoms with Crippen molar-refractivity contribution in [1.82, 2.24) is 4.90 Å². The summed E-state index contributed by atoms with van der Waals surface area (Å²) in [4.78, 5) is 29.1. The first-order valence-corrected chi connectivity index (χ1v) is 10.8. The molecular formula is C27H27N3O2. The summed E-state index contributed by atoms with van der Waals surface area (Å²) in [7, 11) is 0. The maximum atomic E-state index is 12.5. The smallest absolute Gasteiger partial charge is 0.255 e. The molecule has 5 heteroatoms. The van der Waals surface area contributed by atoms with Crippen molar-refractivity contribution < 1.29 is 9.59 Å². The van der Waals surface area contributed by atoms with Gasteiger partial charge in [-0.2, -0.15) is 0 Å². The van der Waals surface area contributed by atoms with Crippen molar-refractivity contribution >= 4 is 29.3 Å². The quantitative estimate of drug-likeness (QED) is 0.608. The van der Waals surface area contributed by atoms with Crippen LogP contribution in [-0.2, 0) is 4.79 Å². The zero-order valence-electron chi connectivity index (χ0n) is 18.2. The summed E-state index contributed by atoms with van der Waals surface area (Å²) in [5.41, 5.74) is 4.58. The standard InChI is InChI=1S/C27H27N3O2/c1-21-6-5-9-23(20-21)27(32)28-24-11-13-25(14-12-24)29-16-18-30(19-17-29)26(31)15-10-22-7-3-2-4-8-22/h2-15,20H,16-19H2,1H3,(H,28,32)/b15-10-. The first kappa shape index (κ1) is 21.4. The van der Waals surface area contributed by atoms with Crippen LogP contribution >= 0.6 is 0 Å². The van der Waals surface area contributed by atoms with Crippen LogP contribution in [0.2, 0.25) is 0 Å². The van der Waals surface area contributed by atoms with Gasteiger partial charge in [-0.1, -0.05) is 48.0 Å². The van der Waals surface area contributed by atoms with E-state index in [4.69, 9.17) is 0 Å². The van der Waals surface area contributed by atoms with Crippen LogP contribution in [0, 0.1) is 6.92 Å². The molecule has 1 N–H and O–H groups in total. The van der Waals surface area contributed by atoms with Gasteiger partial charge in [0.05, 0.1) is 0 Å². The Hall–Kier alpha value is -3.86. The molecule has 0 radical (unpaired) electrons. The number of carbonyl (C=O) groups excluding carboxylic acids is 2. The number of piperazine rings is 1. The Bertz CT molecular complexity index is 1100. The predicted octanol–water partition coefficient (Wildman–Crippen LogP) is 4.61. The fraction of sp³-hybridized carbons (Fsp3) is 0.185. The summed E-state index contributed by atoms with van der Waals surface area (Å²) in [5.74, 6) is -0.0696. The number of amides is 2. The number of nitrogens with zero attached hydrogens (tertiary/aromatic N) is 2. The summed E-state index contributed by atoms with van der Waals surface area (Å²) >= 11 is 0. The van der Waals surface area contributed by atoms with Crippen LogP contribution in [0.25, 0.3) is 6.08 Å². The molecule has 3 aromatic carbocycles. The van der Waals surface area contributed by atoms with Crippen molar-refractivity contribution in [3.63, 3.8) is 0 Å². The van der Waals surface area contributed by atoms with Gasteiger partial charge in [0.15, 0.2) is 0 Å². The molecule has 0 aromatic heterocycles. The molecule has 4 rings (SSSR count). The summed E-state index contributed by atoms with van der Waals surface area (Å²) < 4.78 is 0. The van der Waals surface area contributed by atoms with Crippen LogP contribution in [0.3, 0.4) is 0 Å². The lowest BCUT2D eigenvalue weighted by atomic mass is 10.1. The Kier molecular flexibility index (Phi) is 6.66. The molecule has 1 aliphatic heterocycles. The van der Waals surface area contributed by atoms with Crippen LogP contribution in [0.4, 0.5) is 11.4 Å². The van der Waals surface area contributed by atoms with E-state index in [2.05, 4.69) is 10.2 Å². The fourth-order valence-corrected chi connectivity index (χ4v) is 3.77. The average molecular weight is 426 g/mol. The summed E-state index contributed by atoms with van der Waals surface area (Å²) in [6.07, 6.45) is 3.51. The van der Waals surface area contributed by atoms with Gasteiger partial charge in [0.1, 0.15) is 0 Å². The Labute approximate surface area is 189 Å². The van der Waals surface area contributed by atoms with E-state index >= 15 is 0 Å². The number of aryl methyl sites for hydroxylation is 1. The molecule has 3 aromatic rings. The molecule has 2 amide bonds. The second-order valence-electron chi connectivity index (χ2n) is 7.93. The number of carbonyl (C=O) groups is 2. The molecule has 5 nitrogen and oxygen atoms in total. The summed E-state index contributed by atoms with van der Waals surface area (Å²) in [5, 5.41) is 2.95. The van der Waals surface area contributed by atoms with Gasteiger partial charge >= 0.3 is 0 Å². The van der Waals surface area contributed by atoms with Crippen molar-refractivity contribution in [2.75, 3.05) is 36.4 Å². The van der Waals surface area contributed by atoms with Gasteiger partial charge in [0, 0.05) is 49.2 Å². The Morgan fingerprint density at radius 1 is 0.844 bits per heavy atom. The minimum Gasteiger partial charge on any atom is -0.368 e. The van der Waals surface area contributed by atoms with E-state index in [0.29, 0.717) is 18.7 Å². The highest BCUT2D eigenvalue weighted by molar-refractivity contribution is 6.04. The summed E-state index contributed by atoms with van der Waals surface area (Å²) in [6, 6.07) is 25.3. The number of hydrogen-bond acceptors (Lipinski definition) is 3. The number of nitrogens with one attached hydrogen (secondary N) is 1. The van der Waals surface area contributed by atoms with E-state index in [9.17, 15) is 9.59 Å². The average Bonchev–Trinajstić information content (AvgIpc) is 2.84. The monoisotopic (exact) mass is 425 g/mol. The normalized spacial score (nSPS) is 13.9. The van der Waals surface area contributed by atoms with Crippen LogP contribution < -0.4 is 10.2 Å². The number of anilines is 2. The molecule has 32 heavy (non-hydrogen) atoms. The van der Waals surface area contributed by atoms with Gasteiger partial charge in [-0.25, -0.2) is 0 Å². The van der Waals surface area contributed by atoms with E-state index in [-0.39, 0.29) is 11.8 Å². The zero-order chi connectivity index (χ0) is 22.3. The van der Waals surface area contributed by atoms with E-state index in [1.54, 1.807) is 6.08 Å². The molecule has 0 saturated carbocycles. The van der Waals surface area contributed by atoms with E-state index in [1.807, 2.05) is 96.8 Å². The molecule has 162 valence electrons. The highest BCUT2D eigenvalue weighted by atomic mass is 16.2. The molecule has 0 bridgehead atoms. The molecular weight excluding hydrogens is 398 g/mol. The van der Waals surface area contributed by atoms with Crippen LogP contribution in [0.15, 0.2) is 84.9 Å². The number of benzene rings is 3. The molecule has 1 fully saturated rings. The van der Waals surface area contributed by atoms with Gasteiger partial charge in [0.2, 0.25) is 5.91 Å². The maximum absolute atomic E-state index is 12.5. The maximum Gasteiger partial charge on any atom is 0.255 e. The Morgan fingerprint density at radius 2 is 1.56 bits per heavy atom. The van der Waals surface area contributed by atoms with Crippen molar-refractivity contribution in [1.29, 1.82) is 0 Å². The van der Waals surface area contributed by atoms with E-state index in [0.717, 1.165) is 35.6 Å². The van der Waals surface area contributed by atoms with Crippen LogP contribution in [0.1, 0.15) is 21.5 Å². The highest BCUT2D eigenvalue weighted by Crippen LogP contribution is 2.20. The number of rotatable bonds is 5. The van der Waals surface area contributed by atoms with Gasteiger partial charge < -0.3 is 15.1 Å². The van der Waals surface area contributed by atoms with Crippen molar-refractivity contribution in [2.24, 2.45) is 0 Å². The Balaban J connectivity index is 1.29. The largest absolute Gasteiger partial charge is 0.368 e. The van der Waals surface area contributed by atoms with E-state index in [1.165, 1.54) is 0 Å². The van der Waals surface area contributed by atoms with Crippen molar-refractivity contribution in [3.05, 3.63) is 102 Å². The Morgan fingerprint density at radius 3 is 2.25 bits per heavy atom. The molecule has 0 spiro atoms. The first-order chi connectivity index (χ1) is 15.6. The third-order valence-corrected chi connectivity index (χ3v) is 5.58. The zero-order valence-corrected chi connectivity index (χ0v) is 18.2. The topological polar surface area (TPSA) is 52.7 Å². The summed E-state index contributed by atoms with van der Waals surface area (Å²) in [6.45, 7) is 4.89. The predicted molar refractivity (Wildman–Crippen MR) is 130 cm³/mol. The van der Waals surface area contributed by atoms with Gasteiger partial charge in [-0.3, -0.25) is 9.59 Å². The van der Waals surface area contributed by atoms with Crippen LogP contribution in [-0.4, -0.2) is 42.9 Å². The molecule has 1 aliphatic rings. The van der Waals surface area contributed by atoms with Gasteiger partial charge in [0.25, 0.3) is 5.91 Å². The third kappa shape index (κ3) is 5.43. The lowest BCUT2D eigenvalue weighted by molar-refractivity contribution is -0.126. The third-order valence-electron chi connectivity index (χ3n) is 5.58. The minimum atomic E-state index is -0.114. The van der Waals surface area contributed by atoms with Gasteiger partial charge in [-0.05, 0) is 55.0 Å². The molecule has 1 heterocycles. The number of hydrogen-bond donors (Lipinski definition) is 1. The van der Waals surface area contributed by atoms with E-state index < -0.39 is 0 Å². The molecule has 1 saturated heterocycles.